The van der Waals surface area contributed by atoms with E-state index in [9.17, 15) is 8.78 Å². The fourth-order valence-electron chi connectivity index (χ4n) is 1.93. The van der Waals surface area contributed by atoms with Crippen molar-refractivity contribution in [2.45, 2.75) is 12.5 Å². The summed E-state index contributed by atoms with van der Waals surface area (Å²) in [5, 5.41) is 0. The lowest BCUT2D eigenvalue weighted by atomic mass is 9.99. The highest BCUT2D eigenvalue weighted by Gasteiger charge is 2.18. The lowest BCUT2D eigenvalue weighted by Crippen LogP contribution is -2.30. The Labute approximate surface area is 138 Å². The number of halogens is 4. The molecule has 0 aliphatic rings. The van der Waals surface area contributed by atoms with E-state index >= 15 is 0 Å². The number of hydrogen-bond donors (Lipinski definition) is 2. The van der Waals surface area contributed by atoms with Gasteiger partial charge in [0.1, 0.15) is 11.6 Å². The second-order valence-corrected chi connectivity index (χ2v) is 6.40. The van der Waals surface area contributed by atoms with E-state index in [0.29, 0.717) is 0 Å². The maximum atomic E-state index is 14.0. The van der Waals surface area contributed by atoms with Crippen molar-refractivity contribution in [3.8, 4) is 0 Å². The van der Waals surface area contributed by atoms with Gasteiger partial charge in [-0.05, 0) is 74.8 Å². The summed E-state index contributed by atoms with van der Waals surface area (Å²) in [7, 11) is 0. The van der Waals surface area contributed by atoms with Crippen LogP contribution in [0.1, 0.15) is 17.2 Å². The van der Waals surface area contributed by atoms with Crippen LogP contribution in [-0.2, 0) is 6.42 Å². The van der Waals surface area contributed by atoms with Gasteiger partial charge in [0.25, 0.3) is 0 Å². The summed E-state index contributed by atoms with van der Waals surface area (Å²) >= 11 is 5.26. The van der Waals surface area contributed by atoms with Gasteiger partial charge in [-0.25, -0.2) is 8.78 Å². The Kier molecular flexibility index (Phi) is 5.48. The van der Waals surface area contributed by atoms with Crippen molar-refractivity contribution in [1.82, 2.24) is 5.43 Å². The predicted octanol–water partition coefficient (Wildman–Crippen LogP) is 4.08. The Morgan fingerprint density at radius 1 is 1.15 bits per heavy atom. The smallest absolute Gasteiger partial charge is 0.143 e. The minimum absolute atomic E-state index is 0.0147. The van der Waals surface area contributed by atoms with Gasteiger partial charge >= 0.3 is 0 Å². The Morgan fingerprint density at radius 3 is 2.40 bits per heavy atom. The zero-order valence-electron chi connectivity index (χ0n) is 10.3. The van der Waals surface area contributed by atoms with Gasteiger partial charge in [0.2, 0.25) is 0 Å². The van der Waals surface area contributed by atoms with E-state index in [1.165, 1.54) is 12.1 Å². The van der Waals surface area contributed by atoms with Crippen molar-refractivity contribution < 1.29 is 8.78 Å². The molecule has 6 heteroatoms. The second-order valence-electron chi connectivity index (χ2n) is 4.30. The van der Waals surface area contributed by atoms with E-state index in [2.05, 4.69) is 43.9 Å². The van der Waals surface area contributed by atoms with Crippen molar-refractivity contribution >= 4 is 38.5 Å². The molecule has 20 heavy (non-hydrogen) atoms. The number of rotatable bonds is 4. The highest BCUT2D eigenvalue weighted by molar-refractivity contribution is 14.1. The molecule has 0 spiro atoms. The Morgan fingerprint density at radius 2 is 1.80 bits per heavy atom. The fourth-order valence-corrected chi connectivity index (χ4v) is 2.66. The number of hydrogen-bond acceptors (Lipinski definition) is 2. The average Bonchev–Trinajstić information content (AvgIpc) is 2.45. The molecule has 1 atom stereocenters. The summed E-state index contributed by atoms with van der Waals surface area (Å²) in [5.74, 6) is 4.36. The second kappa shape index (κ2) is 6.93. The van der Waals surface area contributed by atoms with Crippen molar-refractivity contribution in [1.29, 1.82) is 0 Å². The van der Waals surface area contributed by atoms with Crippen molar-refractivity contribution in [2.24, 2.45) is 5.84 Å². The summed E-state index contributed by atoms with van der Waals surface area (Å²) in [6, 6.07) is 9.86. The molecule has 0 aliphatic carbocycles. The van der Waals surface area contributed by atoms with Crippen LogP contribution in [0, 0.1) is 15.2 Å². The predicted molar refractivity (Wildman–Crippen MR) is 87.0 cm³/mol. The van der Waals surface area contributed by atoms with Crippen LogP contribution in [0.4, 0.5) is 8.78 Å². The summed E-state index contributed by atoms with van der Waals surface area (Å²) in [4.78, 5) is 0. The summed E-state index contributed by atoms with van der Waals surface area (Å²) in [6.07, 6.45) is 0.133. The average molecular weight is 453 g/mol. The Hall–Kier alpha value is -0.570. The van der Waals surface area contributed by atoms with Crippen LogP contribution in [0.3, 0.4) is 0 Å². The van der Waals surface area contributed by atoms with Crippen LogP contribution >= 0.6 is 38.5 Å². The van der Waals surface area contributed by atoms with E-state index < -0.39 is 11.6 Å². The molecule has 0 amide bonds. The van der Waals surface area contributed by atoms with Gasteiger partial charge in [-0.15, -0.1) is 0 Å². The molecule has 0 radical (unpaired) electrons. The van der Waals surface area contributed by atoms with Crippen LogP contribution in [0.25, 0.3) is 0 Å². The standard InChI is InChI=1S/C14H12BrF2IN2/c15-11-5-6-12(16)10(14(11)17)7-13(20-19)8-1-3-9(18)4-2-8/h1-6,13,20H,7,19H2. The van der Waals surface area contributed by atoms with Crippen LogP contribution < -0.4 is 11.3 Å². The molecule has 0 saturated carbocycles. The molecule has 0 aromatic heterocycles. The molecular formula is C14H12BrF2IN2. The van der Waals surface area contributed by atoms with Crippen LogP contribution in [0.15, 0.2) is 40.9 Å². The molecule has 2 rings (SSSR count). The van der Waals surface area contributed by atoms with Crippen molar-refractivity contribution in [2.75, 3.05) is 0 Å². The normalized spacial score (nSPS) is 12.4. The van der Waals surface area contributed by atoms with Gasteiger partial charge in [0.05, 0.1) is 10.5 Å². The number of nitrogens with two attached hydrogens (primary N) is 1. The molecule has 0 fully saturated rings. The molecule has 0 aliphatic heterocycles. The first-order valence-electron chi connectivity index (χ1n) is 5.87. The molecule has 0 heterocycles. The molecule has 2 aromatic carbocycles. The van der Waals surface area contributed by atoms with E-state index in [1.807, 2.05) is 24.3 Å². The Balaban J connectivity index is 2.31. The maximum Gasteiger partial charge on any atom is 0.143 e. The third kappa shape index (κ3) is 3.55. The maximum absolute atomic E-state index is 14.0. The van der Waals surface area contributed by atoms with Gasteiger partial charge in [0.15, 0.2) is 0 Å². The number of benzene rings is 2. The van der Waals surface area contributed by atoms with Gasteiger partial charge in [-0.1, -0.05) is 12.1 Å². The lowest BCUT2D eigenvalue weighted by molar-refractivity contribution is 0.498. The minimum atomic E-state index is -0.587. The SMILES string of the molecule is NNC(Cc1c(F)ccc(Br)c1F)c1ccc(I)cc1. The van der Waals surface area contributed by atoms with Gasteiger partial charge < -0.3 is 0 Å². The third-order valence-corrected chi connectivity index (χ3v) is 4.35. The van der Waals surface area contributed by atoms with Crippen LogP contribution in [0.2, 0.25) is 0 Å². The van der Waals surface area contributed by atoms with Crippen molar-refractivity contribution in [3.63, 3.8) is 0 Å². The van der Waals surface area contributed by atoms with Gasteiger partial charge in [-0.3, -0.25) is 11.3 Å². The summed E-state index contributed by atoms with van der Waals surface area (Å²) in [6.45, 7) is 0. The molecule has 2 aromatic rings. The first-order chi connectivity index (χ1) is 9.52. The fraction of sp³-hybridized carbons (Fsp3) is 0.143. The molecular weight excluding hydrogens is 441 g/mol. The first kappa shape index (κ1) is 15.8. The highest BCUT2D eigenvalue weighted by Crippen LogP contribution is 2.26. The van der Waals surface area contributed by atoms with E-state index in [4.69, 9.17) is 5.84 Å². The van der Waals surface area contributed by atoms with E-state index in [-0.39, 0.29) is 22.5 Å². The van der Waals surface area contributed by atoms with Gasteiger partial charge in [0, 0.05) is 9.13 Å². The number of hydrazine groups is 1. The molecule has 2 nitrogen and oxygen atoms in total. The van der Waals surface area contributed by atoms with E-state index in [0.717, 1.165) is 9.13 Å². The van der Waals surface area contributed by atoms with Crippen LogP contribution in [-0.4, -0.2) is 0 Å². The topological polar surface area (TPSA) is 38.0 Å². The zero-order valence-corrected chi connectivity index (χ0v) is 14.1. The number of nitrogens with one attached hydrogen (secondary N) is 1. The van der Waals surface area contributed by atoms with Crippen molar-refractivity contribution in [3.05, 3.63) is 67.2 Å². The molecule has 106 valence electrons. The Bertz CT molecular complexity index is 605. The first-order valence-corrected chi connectivity index (χ1v) is 7.74. The third-order valence-electron chi connectivity index (χ3n) is 3.02. The zero-order chi connectivity index (χ0) is 14.7. The monoisotopic (exact) mass is 452 g/mol. The minimum Gasteiger partial charge on any atom is -0.271 e. The summed E-state index contributed by atoms with van der Waals surface area (Å²) < 4.78 is 29.1. The van der Waals surface area contributed by atoms with Crippen LogP contribution in [0.5, 0.6) is 0 Å². The quantitative estimate of drug-likeness (QED) is 0.317. The molecule has 3 N–H and O–H groups in total. The largest absolute Gasteiger partial charge is 0.271 e. The highest BCUT2D eigenvalue weighted by atomic mass is 127. The van der Waals surface area contributed by atoms with Gasteiger partial charge in [-0.2, -0.15) is 0 Å². The molecule has 0 saturated heterocycles. The summed E-state index contributed by atoms with van der Waals surface area (Å²) in [5.41, 5.74) is 3.51. The molecule has 1 unspecified atom stereocenters. The molecule has 0 bridgehead atoms. The lowest BCUT2D eigenvalue weighted by Gasteiger charge is -2.17. The van der Waals surface area contributed by atoms with E-state index in [1.54, 1.807) is 0 Å².